The SMILES string of the molecule is [Ir].[c-]1ccccc1-c1nc2ccccc2n1-c1cccc2c1sc1ccccc12. The van der Waals surface area contributed by atoms with Gasteiger partial charge in [-0.05, 0) is 24.3 Å². The van der Waals surface area contributed by atoms with E-state index in [1.54, 1.807) is 0 Å². The summed E-state index contributed by atoms with van der Waals surface area (Å²) in [4.78, 5) is 4.96. The summed E-state index contributed by atoms with van der Waals surface area (Å²) in [6, 6.07) is 34.9. The van der Waals surface area contributed by atoms with Crippen LogP contribution in [0.5, 0.6) is 0 Å². The van der Waals surface area contributed by atoms with Crippen molar-refractivity contribution in [1.82, 2.24) is 9.55 Å². The summed E-state index contributed by atoms with van der Waals surface area (Å²) >= 11 is 1.84. The zero-order chi connectivity index (χ0) is 18.5. The first-order chi connectivity index (χ1) is 13.9. The van der Waals surface area contributed by atoms with E-state index >= 15 is 0 Å². The summed E-state index contributed by atoms with van der Waals surface area (Å²) < 4.78 is 4.87. The van der Waals surface area contributed by atoms with Crippen LogP contribution in [-0.2, 0) is 20.1 Å². The molecule has 0 N–H and O–H groups in total. The molecule has 0 atom stereocenters. The maximum Gasteiger partial charge on any atom is 0.0774 e. The molecule has 0 unspecified atom stereocenters. The molecule has 29 heavy (non-hydrogen) atoms. The van der Waals surface area contributed by atoms with Crippen LogP contribution in [0.1, 0.15) is 0 Å². The second kappa shape index (κ2) is 7.23. The van der Waals surface area contributed by atoms with Crippen LogP contribution in [0.25, 0.3) is 48.3 Å². The van der Waals surface area contributed by atoms with Gasteiger partial charge in [0.1, 0.15) is 0 Å². The van der Waals surface area contributed by atoms with Crippen LogP contribution in [0.4, 0.5) is 0 Å². The van der Waals surface area contributed by atoms with Crippen molar-refractivity contribution in [2.75, 3.05) is 0 Å². The number of aromatic nitrogens is 2. The molecule has 6 rings (SSSR count). The third kappa shape index (κ3) is 2.84. The van der Waals surface area contributed by atoms with Gasteiger partial charge in [-0.3, -0.25) is 4.98 Å². The molecule has 0 aliphatic carbocycles. The van der Waals surface area contributed by atoms with Crippen molar-refractivity contribution in [3.8, 4) is 17.1 Å². The number of benzene rings is 4. The van der Waals surface area contributed by atoms with Crippen molar-refractivity contribution >= 4 is 42.5 Å². The number of hydrogen-bond donors (Lipinski definition) is 0. The summed E-state index contributed by atoms with van der Waals surface area (Å²) in [7, 11) is 0. The van der Waals surface area contributed by atoms with Crippen LogP contribution in [-0.4, -0.2) is 9.55 Å². The van der Waals surface area contributed by atoms with Crippen molar-refractivity contribution in [3.05, 3.63) is 97.1 Å². The van der Waals surface area contributed by atoms with Gasteiger partial charge in [0.15, 0.2) is 0 Å². The Kier molecular flexibility index (Phi) is 4.56. The third-order valence-electron chi connectivity index (χ3n) is 5.14. The van der Waals surface area contributed by atoms with E-state index in [2.05, 4.69) is 77.4 Å². The Balaban J connectivity index is 0.00000181. The number of hydrogen-bond acceptors (Lipinski definition) is 2. The molecule has 1 radical (unpaired) electrons. The quantitative estimate of drug-likeness (QED) is 0.209. The van der Waals surface area contributed by atoms with E-state index in [-0.39, 0.29) is 20.1 Å². The number of nitrogens with zero attached hydrogens (tertiary/aromatic N) is 2. The molecule has 4 heteroatoms. The molecular formula is C25H15IrN2S-. The fourth-order valence-electron chi connectivity index (χ4n) is 3.89. The van der Waals surface area contributed by atoms with Gasteiger partial charge in [0, 0.05) is 35.6 Å². The largest absolute Gasteiger partial charge is 0.332 e. The first-order valence-corrected chi connectivity index (χ1v) is 10.1. The maximum absolute atomic E-state index is 4.96. The fourth-order valence-corrected chi connectivity index (χ4v) is 5.10. The van der Waals surface area contributed by atoms with Gasteiger partial charge >= 0.3 is 0 Å². The third-order valence-corrected chi connectivity index (χ3v) is 6.34. The number of rotatable bonds is 2. The summed E-state index contributed by atoms with van der Waals surface area (Å²) in [6.45, 7) is 0. The van der Waals surface area contributed by atoms with Crippen molar-refractivity contribution in [2.24, 2.45) is 0 Å². The Morgan fingerprint density at radius 3 is 2.45 bits per heavy atom. The van der Waals surface area contributed by atoms with Crippen molar-refractivity contribution in [1.29, 1.82) is 0 Å². The van der Waals surface area contributed by atoms with E-state index in [0.29, 0.717) is 0 Å². The van der Waals surface area contributed by atoms with Crippen LogP contribution in [0.2, 0.25) is 0 Å². The predicted molar refractivity (Wildman–Crippen MR) is 118 cm³/mol. The van der Waals surface area contributed by atoms with Gasteiger partial charge in [-0.1, -0.05) is 42.5 Å². The molecule has 2 heterocycles. The standard InChI is InChI=1S/C25H15N2S.Ir/c1-2-9-17(10-3-1)25-26-20-13-5-6-14-21(20)27(25)22-15-8-12-19-18-11-4-7-16-23(18)28-24(19)22;/h1-9,11-16H;/q-1;. The first-order valence-electron chi connectivity index (χ1n) is 9.25. The van der Waals surface area contributed by atoms with Crippen molar-refractivity contribution in [3.63, 3.8) is 0 Å². The van der Waals surface area contributed by atoms with Gasteiger partial charge in [-0.2, -0.15) is 0 Å². The number of para-hydroxylation sites is 2. The Bertz CT molecular complexity index is 1460. The topological polar surface area (TPSA) is 17.8 Å². The number of imidazole rings is 1. The van der Waals surface area contributed by atoms with E-state index in [1.807, 2.05) is 35.6 Å². The molecule has 141 valence electrons. The second-order valence-corrected chi connectivity index (χ2v) is 7.84. The molecule has 4 aromatic carbocycles. The molecule has 2 nitrogen and oxygen atoms in total. The van der Waals surface area contributed by atoms with Crippen LogP contribution in [0, 0.1) is 6.07 Å². The molecule has 0 bridgehead atoms. The van der Waals surface area contributed by atoms with Crippen molar-refractivity contribution < 1.29 is 20.1 Å². The Morgan fingerprint density at radius 1 is 0.759 bits per heavy atom. The van der Waals surface area contributed by atoms with E-state index in [1.165, 1.54) is 25.9 Å². The minimum Gasteiger partial charge on any atom is -0.332 e. The molecule has 0 saturated heterocycles. The van der Waals surface area contributed by atoms with Crippen LogP contribution >= 0.6 is 11.3 Å². The minimum absolute atomic E-state index is 0. The molecule has 0 amide bonds. The molecule has 6 aromatic rings. The smallest absolute Gasteiger partial charge is 0.0774 e. The van der Waals surface area contributed by atoms with Crippen LogP contribution < -0.4 is 0 Å². The predicted octanol–water partition coefficient (Wildman–Crippen LogP) is 6.86. The number of fused-ring (bicyclic) bond motifs is 4. The van der Waals surface area contributed by atoms with Gasteiger partial charge in [-0.25, -0.2) is 0 Å². The van der Waals surface area contributed by atoms with Gasteiger partial charge in [0.25, 0.3) is 0 Å². The molecule has 2 aromatic heterocycles. The monoisotopic (exact) mass is 568 g/mol. The zero-order valence-corrected chi connectivity index (χ0v) is 18.5. The van der Waals surface area contributed by atoms with E-state index in [9.17, 15) is 0 Å². The van der Waals surface area contributed by atoms with Gasteiger partial charge in [0.05, 0.1) is 27.2 Å². The van der Waals surface area contributed by atoms with E-state index in [4.69, 9.17) is 4.98 Å². The Labute approximate surface area is 185 Å². The molecule has 0 aliphatic rings. The van der Waals surface area contributed by atoms with E-state index < -0.39 is 0 Å². The summed E-state index contributed by atoms with van der Waals surface area (Å²) in [5.74, 6) is 0.923. The molecule has 0 aliphatic heterocycles. The molecule has 0 fully saturated rings. The molecule has 0 spiro atoms. The Hall–Kier alpha value is -2.78. The average molecular weight is 568 g/mol. The maximum atomic E-state index is 4.96. The molecule has 0 saturated carbocycles. The first kappa shape index (κ1) is 18.3. The van der Waals surface area contributed by atoms with Crippen molar-refractivity contribution in [2.45, 2.75) is 0 Å². The zero-order valence-electron chi connectivity index (χ0n) is 15.3. The molecular weight excluding hydrogens is 553 g/mol. The van der Waals surface area contributed by atoms with E-state index in [0.717, 1.165) is 22.4 Å². The van der Waals surface area contributed by atoms with Gasteiger partial charge in [0.2, 0.25) is 0 Å². The summed E-state index contributed by atoms with van der Waals surface area (Å²) in [5.41, 5.74) is 4.27. The minimum atomic E-state index is 0. The average Bonchev–Trinajstić information content (AvgIpc) is 3.33. The number of thiophene rings is 1. The normalized spacial score (nSPS) is 11.2. The van der Waals surface area contributed by atoms with Gasteiger partial charge in [-0.15, -0.1) is 47.2 Å². The summed E-state index contributed by atoms with van der Waals surface area (Å²) in [5, 5.41) is 2.60. The second-order valence-electron chi connectivity index (χ2n) is 6.79. The van der Waals surface area contributed by atoms with Gasteiger partial charge < -0.3 is 4.57 Å². The Morgan fingerprint density at radius 2 is 1.55 bits per heavy atom. The fraction of sp³-hybridized carbons (Fsp3) is 0. The van der Waals surface area contributed by atoms with Crippen LogP contribution in [0.15, 0.2) is 91.0 Å². The summed E-state index contributed by atoms with van der Waals surface area (Å²) in [6.07, 6.45) is 0. The van der Waals surface area contributed by atoms with Crippen LogP contribution in [0.3, 0.4) is 0 Å².